The number of carbonyl (C=O) groups excluding carboxylic acids is 1. The van der Waals surface area contributed by atoms with Crippen LogP contribution >= 0.6 is 0 Å². The zero-order valence-electron chi connectivity index (χ0n) is 15.2. The molecule has 142 valence electrons. The molecule has 0 aliphatic carbocycles. The summed E-state index contributed by atoms with van der Waals surface area (Å²) in [6, 6.07) is 4.42. The van der Waals surface area contributed by atoms with Gasteiger partial charge in [0.1, 0.15) is 0 Å². The van der Waals surface area contributed by atoms with Crippen LogP contribution in [0.4, 0.5) is 5.69 Å². The molecule has 9 heteroatoms. The lowest BCUT2D eigenvalue weighted by atomic mass is 10.0. The molecule has 27 heavy (non-hydrogen) atoms. The minimum Gasteiger partial charge on any atom is -0.478 e. The normalized spacial score (nSPS) is 15.3. The van der Waals surface area contributed by atoms with E-state index < -0.39 is 16.0 Å². The number of anilines is 1. The second-order valence-electron chi connectivity index (χ2n) is 6.48. The van der Waals surface area contributed by atoms with Crippen LogP contribution in [0.3, 0.4) is 0 Å². The Morgan fingerprint density at radius 3 is 2.44 bits per heavy atom. The van der Waals surface area contributed by atoms with E-state index in [9.17, 15) is 23.1 Å². The Morgan fingerprint density at radius 1 is 1.22 bits per heavy atom. The van der Waals surface area contributed by atoms with Crippen LogP contribution in [0.2, 0.25) is 0 Å². The van der Waals surface area contributed by atoms with E-state index in [1.165, 1.54) is 26.2 Å². The van der Waals surface area contributed by atoms with Crippen molar-refractivity contribution in [3.05, 3.63) is 46.3 Å². The van der Waals surface area contributed by atoms with Gasteiger partial charge in [0.2, 0.25) is 10.0 Å². The SMILES string of the molecule is Cc1[nH]c(C=C2C(=O)Nc3ccc(S(=O)(=O)N(C)C)cc32)c(C)c1C(=O)O. The van der Waals surface area contributed by atoms with Crippen LogP contribution in [-0.2, 0) is 14.8 Å². The molecule has 2 heterocycles. The number of carbonyl (C=O) groups is 2. The van der Waals surface area contributed by atoms with Gasteiger partial charge >= 0.3 is 5.97 Å². The summed E-state index contributed by atoms with van der Waals surface area (Å²) >= 11 is 0. The Bertz CT molecular complexity index is 1110. The van der Waals surface area contributed by atoms with E-state index in [-0.39, 0.29) is 21.9 Å². The van der Waals surface area contributed by atoms with Crippen molar-refractivity contribution in [2.24, 2.45) is 0 Å². The molecule has 0 bridgehead atoms. The van der Waals surface area contributed by atoms with Gasteiger partial charge < -0.3 is 15.4 Å². The van der Waals surface area contributed by atoms with Crippen molar-refractivity contribution in [3.63, 3.8) is 0 Å². The predicted octanol–water partition coefficient (Wildman–Crippen LogP) is 2.07. The maximum absolute atomic E-state index is 12.4. The summed E-state index contributed by atoms with van der Waals surface area (Å²) in [5.41, 5.74) is 2.85. The molecule has 0 fully saturated rings. The van der Waals surface area contributed by atoms with Crippen molar-refractivity contribution in [1.82, 2.24) is 9.29 Å². The molecule has 1 aliphatic rings. The minimum absolute atomic E-state index is 0.0688. The van der Waals surface area contributed by atoms with Crippen molar-refractivity contribution in [2.45, 2.75) is 18.7 Å². The number of sulfonamides is 1. The number of benzene rings is 1. The average molecular weight is 389 g/mol. The zero-order chi connectivity index (χ0) is 20.1. The van der Waals surface area contributed by atoms with Crippen molar-refractivity contribution in [1.29, 1.82) is 0 Å². The molecule has 3 N–H and O–H groups in total. The third kappa shape index (κ3) is 3.04. The molecule has 0 spiro atoms. The number of aryl methyl sites for hydroxylation is 1. The van der Waals surface area contributed by atoms with Gasteiger partial charge in [0, 0.05) is 36.7 Å². The molecule has 1 aliphatic heterocycles. The number of fused-ring (bicyclic) bond motifs is 1. The van der Waals surface area contributed by atoms with Gasteiger partial charge in [-0.2, -0.15) is 0 Å². The second-order valence-corrected chi connectivity index (χ2v) is 8.63. The Balaban J connectivity index is 2.16. The average Bonchev–Trinajstić information content (AvgIpc) is 3.03. The Kier molecular flexibility index (Phi) is 4.44. The predicted molar refractivity (Wildman–Crippen MR) is 101 cm³/mol. The molecule has 2 aromatic rings. The van der Waals surface area contributed by atoms with Gasteiger partial charge in [-0.1, -0.05) is 0 Å². The number of H-pyrrole nitrogens is 1. The van der Waals surface area contributed by atoms with E-state index in [1.54, 1.807) is 26.0 Å². The molecule has 0 saturated heterocycles. The molecule has 3 rings (SSSR count). The highest BCUT2D eigenvalue weighted by Gasteiger charge is 2.28. The summed E-state index contributed by atoms with van der Waals surface area (Å²) in [5.74, 6) is -1.44. The molecule has 0 saturated carbocycles. The summed E-state index contributed by atoms with van der Waals surface area (Å²) in [7, 11) is -0.789. The lowest BCUT2D eigenvalue weighted by molar-refractivity contribution is -0.110. The number of nitrogens with one attached hydrogen (secondary N) is 2. The van der Waals surface area contributed by atoms with Gasteiger partial charge in [-0.05, 0) is 43.7 Å². The number of nitrogens with zero attached hydrogens (tertiary/aromatic N) is 1. The van der Waals surface area contributed by atoms with Crippen LogP contribution in [0, 0.1) is 13.8 Å². The standard InChI is InChI=1S/C18H19N3O5S/c1-9-15(19-10(2)16(9)18(23)24)8-13-12-7-11(27(25,26)21(3)4)5-6-14(12)20-17(13)22/h5-8,19H,1-4H3,(H,20,22)(H,23,24). The number of aromatic nitrogens is 1. The van der Waals surface area contributed by atoms with E-state index in [4.69, 9.17) is 0 Å². The monoisotopic (exact) mass is 389 g/mol. The number of hydrogen-bond donors (Lipinski definition) is 3. The number of aromatic amines is 1. The first-order valence-corrected chi connectivity index (χ1v) is 9.50. The lowest BCUT2D eigenvalue weighted by Gasteiger charge is -2.12. The number of amides is 1. The Hall–Kier alpha value is -2.91. The fourth-order valence-electron chi connectivity index (χ4n) is 3.07. The van der Waals surface area contributed by atoms with Crippen LogP contribution in [0.5, 0.6) is 0 Å². The largest absolute Gasteiger partial charge is 0.478 e. The summed E-state index contributed by atoms with van der Waals surface area (Å²) in [5, 5.41) is 12.0. The van der Waals surface area contributed by atoms with Gasteiger partial charge in [-0.15, -0.1) is 0 Å². The third-order valence-corrected chi connectivity index (χ3v) is 6.34. The summed E-state index contributed by atoms with van der Waals surface area (Å²) in [6.45, 7) is 3.29. The highest BCUT2D eigenvalue weighted by atomic mass is 32.2. The number of aromatic carboxylic acids is 1. The fraction of sp³-hybridized carbons (Fsp3) is 0.222. The molecule has 0 radical (unpaired) electrons. The summed E-state index contributed by atoms with van der Waals surface area (Å²) in [4.78, 5) is 26.8. The van der Waals surface area contributed by atoms with Crippen molar-refractivity contribution in [3.8, 4) is 0 Å². The first kappa shape index (κ1) is 18.9. The van der Waals surface area contributed by atoms with Crippen LogP contribution in [0.15, 0.2) is 23.1 Å². The topological polar surface area (TPSA) is 120 Å². The molecular weight excluding hydrogens is 370 g/mol. The van der Waals surface area contributed by atoms with Crippen molar-refractivity contribution in [2.75, 3.05) is 19.4 Å². The van der Waals surface area contributed by atoms with E-state index >= 15 is 0 Å². The quantitative estimate of drug-likeness (QED) is 0.692. The maximum atomic E-state index is 12.4. The number of rotatable bonds is 4. The molecule has 1 aromatic carbocycles. The second kappa shape index (κ2) is 6.36. The summed E-state index contributed by atoms with van der Waals surface area (Å²) < 4.78 is 25.9. The van der Waals surface area contributed by atoms with E-state index in [1.807, 2.05) is 0 Å². The first-order chi connectivity index (χ1) is 12.5. The first-order valence-electron chi connectivity index (χ1n) is 8.06. The third-order valence-electron chi connectivity index (χ3n) is 4.53. The molecule has 1 aromatic heterocycles. The number of hydrogen-bond acceptors (Lipinski definition) is 4. The fourth-order valence-corrected chi connectivity index (χ4v) is 3.99. The summed E-state index contributed by atoms with van der Waals surface area (Å²) in [6.07, 6.45) is 1.54. The number of carboxylic acids is 1. The number of carboxylic acid groups (broad SMARTS) is 1. The Morgan fingerprint density at radius 2 is 1.89 bits per heavy atom. The molecule has 8 nitrogen and oxygen atoms in total. The van der Waals surface area contributed by atoms with Crippen LogP contribution in [0.25, 0.3) is 11.6 Å². The zero-order valence-corrected chi connectivity index (χ0v) is 16.1. The smallest absolute Gasteiger partial charge is 0.337 e. The van der Waals surface area contributed by atoms with Crippen LogP contribution < -0.4 is 5.32 Å². The minimum atomic E-state index is -3.65. The molecular formula is C18H19N3O5S. The van der Waals surface area contributed by atoms with Gasteiger partial charge in [0.25, 0.3) is 5.91 Å². The van der Waals surface area contributed by atoms with Crippen LogP contribution in [-0.4, -0.2) is 48.8 Å². The Labute approximate surface area is 156 Å². The highest BCUT2D eigenvalue weighted by Crippen LogP contribution is 2.35. The van der Waals surface area contributed by atoms with Crippen molar-refractivity contribution >= 4 is 39.2 Å². The van der Waals surface area contributed by atoms with Crippen LogP contribution in [0.1, 0.15) is 32.9 Å². The van der Waals surface area contributed by atoms with Gasteiger partial charge in [-0.3, -0.25) is 4.79 Å². The molecule has 1 amide bonds. The van der Waals surface area contributed by atoms with E-state index in [2.05, 4.69) is 10.3 Å². The van der Waals surface area contributed by atoms with Gasteiger partial charge in [0.05, 0.1) is 16.0 Å². The maximum Gasteiger partial charge on any atom is 0.337 e. The lowest BCUT2D eigenvalue weighted by Crippen LogP contribution is -2.22. The van der Waals surface area contributed by atoms with Gasteiger partial charge in [0.15, 0.2) is 0 Å². The van der Waals surface area contributed by atoms with E-state index in [0.29, 0.717) is 28.2 Å². The molecule has 0 atom stereocenters. The molecule has 0 unspecified atom stereocenters. The van der Waals surface area contributed by atoms with E-state index in [0.717, 1.165) is 4.31 Å². The van der Waals surface area contributed by atoms with Gasteiger partial charge in [-0.25, -0.2) is 17.5 Å². The van der Waals surface area contributed by atoms with Crippen molar-refractivity contribution < 1.29 is 23.1 Å². The highest BCUT2D eigenvalue weighted by molar-refractivity contribution is 7.89.